The summed E-state index contributed by atoms with van der Waals surface area (Å²) in [5.41, 5.74) is 5.06. The molecule has 2 heterocycles. The number of hydrogen-bond acceptors (Lipinski definition) is 5. The molecule has 5 fully saturated rings. The van der Waals surface area contributed by atoms with Crippen molar-refractivity contribution in [3.05, 3.63) is 35.4 Å². The normalized spacial score (nSPS) is 35.1. The van der Waals surface area contributed by atoms with Crippen LogP contribution in [-0.2, 0) is 4.79 Å². The smallest absolute Gasteiger partial charge is 0.254 e. The number of hydrogen-bond donors (Lipinski definition) is 2. The summed E-state index contributed by atoms with van der Waals surface area (Å²) < 4.78 is 0. The standard InChI is InChI=1S/C33H50N4O3/c1-23-22-36(19-20-37(23)31(39)32(40)17-18-32)30(38)26-13-11-25(12-14-26)27-15-16-33(28-9-7-5-4-6-8-10-28)29(21-27)24(2)34-35(33)3/h11-14,23-24,27-29,34,40H,4-10,15-22H2,1-3H3/t23-,24?,27?,29?,33?/m0/s1. The molecule has 220 valence electrons. The molecule has 40 heavy (non-hydrogen) atoms. The number of rotatable bonds is 4. The number of hydrazine groups is 1. The monoisotopic (exact) mass is 550 g/mol. The largest absolute Gasteiger partial charge is 0.380 e. The van der Waals surface area contributed by atoms with E-state index in [2.05, 4.69) is 36.5 Å². The highest BCUT2D eigenvalue weighted by atomic mass is 16.3. The Morgan fingerprint density at radius 3 is 2.25 bits per heavy atom. The third kappa shape index (κ3) is 5.00. The van der Waals surface area contributed by atoms with Gasteiger partial charge in [0.2, 0.25) is 0 Å². The SMILES string of the molecule is CC1NN(C)C2(C3CCCCCCC3)CCC(c3ccc(C(=O)N4CCN(C(=O)C5(O)CC5)[C@@H](C)C4)cc3)CC12. The van der Waals surface area contributed by atoms with E-state index in [0.29, 0.717) is 50.4 Å². The van der Waals surface area contributed by atoms with Crippen molar-refractivity contribution in [1.29, 1.82) is 0 Å². The molecule has 1 aromatic rings. The number of nitrogens with zero attached hydrogens (tertiary/aromatic N) is 3. The van der Waals surface area contributed by atoms with Crippen molar-refractivity contribution in [2.75, 3.05) is 26.7 Å². The van der Waals surface area contributed by atoms with Crippen LogP contribution in [0.3, 0.4) is 0 Å². The van der Waals surface area contributed by atoms with Gasteiger partial charge in [-0.2, -0.15) is 0 Å². The first-order valence-electron chi connectivity index (χ1n) is 16.2. The molecular formula is C33H50N4O3. The molecule has 6 rings (SSSR count). The number of aliphatic hydroxyl groups is 1. The number of fused-ring (bicyclic) bond motifs is 1. The van der Waals surface area contributed by atoms with E-state index in [4.69, 9.17) is 0 Å². The molecule has 3 aliphatic carbocycles. The van der Waals surface area contributed by atoms with Crippen molar-refractivity contribution >= 4 is 11.8 Å². The summed E-state index contributed by atoms with van der Waals surface area (Å²) in [7, 11) is 2.31. The Kier molecular flexibility index (Phi) is 7.77. The molecule has 0 radical (unpaired) electrons. The summed E-state index contributed by atoms with van der Waals surface area (Å²) in [6.07, 6.45) is 14.5. The first-order valence-corrected chi connectivity index (χ1v) is 16.2. The van der Waals surface area contributed by atoms with Crippen LogP contribution in [0.15, 0.2) is 24.3 Å². The van der Waals surface area contributed by atoms with E-state index in [-0.39, 0.29) is 23.4 Å². The summed E-state index contributed by atoms with van der Waals surface area (Å²) in [4.78, 5) is 29.6. The molecule has 5 aliphatic rings. The average Bonchev–Trinajstić information content (AvgIpc) is 3.64. The molecule has 5 atom stereocenters. The van der Waals surface area contributed by atoms with Crippen molar-refractivity contribution in [3.63, 3.8) is 0 Å². The lowest BCUT2D eigenvalue weighted by molar-refractivity contribution is -0.146. The zero-order valence-corrected chi connectivity index (χ0v) is 24.9. The van der Waals surface area contributed by atoms with Crippen LogP contribution < -0.4 is 5.43 Å². The number of nitrogens with one attached hydrogen (secondary N) is 1. The summed E-state index contributed by atoms with van der Waals surface area (Å²) in [6, 6.07) is 8.84. The van der Waals surface area contributed by atoms with Gasteiger partial charge < -0.3 is 14.9 Å². The first kappa shape index (κ1) is 28.2. The zero-order chi connectivity index (χ0) is 28.1. The fraction of sp³-hybridized carbons (Fsp3) is 0.758. The second-order valence-corrected chi connectivity index (χ2v) is 13.8. The first-order chi connectivity index (χ1) is 19.2. The lowest BCUT2D eigenvalue weighted by Gasteiger charge is -2.51. The quantitative estimate of drug-likeness (QED) is 0.568. The lowest BCUT2D eigenvalue weighted by atomic mass is 9.59. The second kappa shape index (κ2) is 11.0. The van der Waals surface area contributed by atoms with E-state index in [1.807, 2.05) is 24.0 Å². The van der Waals surface area contributed by atoms with Crippen LogP contribution in [0.5, 0.6) is 0 Å². The van der Waals surface area contributed by atoms with Gasteiger partial charge in [-0.3, -0.25) is 15.0 Å². The van der Waals surface area contributed by atoms with Gasteiger partial charge in [0.15, 0.2) is 0 Å². The van der Waals surface area contributed by atoms with Crippen LogP contribution in [-0.4, -0.2) is 81.6 Å². The molecule has 2 aliphatic heterocycles. The molecule has 2 saturated heterocycles. The van der Waals surface area contributed by atoms with Gasteiger partial charge >= 0.3 is 0 Å². The molecule has 0 aromatic heterocycles. The highest BCUT2D eigenvalue weighted by Gasteiger charge is 2.57. The third-order valence-electron chi connectivity index (χ3n) is 11.4. The van der Waals surface area contributed by atoms with E-state index in [1.54, 1.807) is 4.90 Å². The van der Waals surface area contributed by atoms with Crippen LogP contribution >= 0.6 is 0 Å². The molecule has 3 saturated carbocycles. The number of carbonyl (C=O) groups is 2. The number of benzene rings is 1. The molecule has 2 amide bonds. The minimum atomic E-state index is -1.15. The third-order valence-corrected chi connectivity index (χ3v) is 11.4. The van der Waals surface area contributed by atoms with Crippen LogP contribution in [0.1, 0.15) is 113 Å². The Morgan fingerprint density at radius 1 is 0.925 bits per heavy atom. The van der Waals surface area contributed by atoms with Crippen LogP contribution in [0.2, 0.25) is 0 Å². The van der Waals surface area contributed by atoms with Crippen LogP contribution in [0.25, 0.3) is 0 Å². The van der Waals surface area contributed by atoms with Gasteiger partial charge in [0.1, 0.15) is 5.60 Å². The van der Waals surface area contributed by atoms with Crippen molar-refractivity contribution < 1.29 is 14.7 Å². The Morgan fingerprint density at radius 2 is 1.60 bits per heavy atom. The van der Waals surface area contributed by atoms with E-state index >= 15 is 0 Å². The van der Waals surface area contributed by atoms with Gasteiger partial charge in [0.05, 0.1) is 0 Å². The van der Waals surface area contributed by atoms with Gasteiger partial charge in [0.25, 0.3) is 11.8 Å². The summed E-state index contributed by atoms with van der Waals surface area (Å²) in [5, 5.41) is 12.8. The number of amides is 2. The number of piperazine rings is 1. The lowest BCUT2D eigenvalue weighted by Crippen LogP contribution is -2.57. The molecular weight excluding hydrogens is 500 g/mol. The fourth-order valence-corrected chi connectivity index (χ4v) is 8.95. The van der Waals surface area contributed by atoms with E-state index in [0.717, 1.165) is 11.5 Å². The summed E-state index contributed by atoms with van der Waals surface area (Å²) in [6.45, 7) is 5.86. The van der Waals surface area contributed by atoms with E-state index in [9.17, 15) is 14.7 Å². The highest BCUT2D eigenvalue weighted by molar-refractivity contribution is 5.94. The zero-order valence-electron chi connectivity index (χ0n) is 24.9. The molecule has 4 unspecified atom stereocenters. The Bertz CT molecular complexity index is 1080. The maximum absolute atomic E-state index is 13.4. The Hall–Kier alpha value is -1.96. The van der Waals surface area contributed by atoms with Crippen LogP contribution in [0.4, 0.5) is 0 Å². The predicted molar refractivity (Wildman–Crippen MR) is 157 cm³/mol. The van der Waals surface area contributed by atoms with Crippen molar-refractivity contribution in [1.82, 2.24) is 20.2 Å². The Balaban J connectivity index is 1.10. The molecule has 1 aromatic carbocycles. The summed E-state index contributed by atoms with van der Waals surface area (Å²) in [5.74, 6) is 1.84. The van der Waals surface area contributed by atoms with Gasteiger partial charge in [-0.15, -0.1) is 0 Å². The van der Waals surface area contributed by atoms with Crippen molar-refractivity contribution in [3.8, 4) is 0 Å². The second-order valence-electron chi connectivity index (χ2n) is 13.8. The number of carbonyl (C=O) groups excluding carboxylic acids is 2. The summed E-state index contributed by atoms with van der Waals surface area (Å²) >= 11 is 0. The Labute approximate surface area is 240 Å². The predicted octanol–water partition coefficient (Wildman–Crippen LogP) is 4.71. The molecule has 7 heteroatoms. The van der Waals surface area contributed by atoms with E-state index < -0.39 is 5.60 Å². The fourth-order valence-electron chi connectivity index (χ4n) is 8.95. The topological polar surface area (TPSA) is 76.1 Å². The molecule has 0 bridgehead atoms. The van der Waals surface area contributed by atoms with Gasteiger partial charge in [-0.1, -0.05) is 44.2 Å². The van der Waals surface area contributed by atoms with Crippen LogP contribution in [0, 0.1) is 11.8 Å². The maximum atomic E-state index is 13.4. The minimum Gasteiger partial charge on any atom is -0.380 e. The van der Waals surface area contributed by atoms with E-state index in [1.165, 1.54) is 69.8 Å². The molecule has 0 spiro atoms. The van der Waals surface area contributed by atoms with Gasteiger partial charge in [0, 0.05) is 49.9 Å². The maximum Gasteiger partial charge on any atom is 0.254 e. The molecule has 2 N–H and O–H groups in total. The molecule has 7 nitrogen and oxygen atoms in total. The van der Waals surface area contributed by atoms with Crippen molar-refractivity contribution in [2.45, 2.75) is 120 Å². The minimum absolute atomic E-state index is 0.0396. The average molecular weight is 551 g/mol. The van der Waals surface area contributed by atoms with Gasteiger partial charge in [-0.25, -0.2) is 5.01 Å². The van der Waals surface area contributed by atoms with Crippen molar-refractivity contribution in [2.24, 2.45) is 11.8 Å². The highest BCUT2D eigenvalue weighted by Crippen LogP contribution is 2.54. The van der Waals surface area contributed by atoms with Gasteiger partial charge in [-0.05, 0) is 94.2 Å².